The lowest BCUT2D eigenvalue weighted by Gasteiger charge is -1.98. The maximum absolute atomic E-state index is 12.0. The first-order valence-corrected chi connectivity index (χ1v) is 5.18. The molecule has 2 aromatic rings. The van der Waals surface area contributed by atoms with Crippen molar-refractivity contribution in [1.29, 1.82) is 0 Å². The fourth-order valence-electron chi connectivity index (χ4n) is 1.71. The largest absolute Gasteiger partial charge is 0.333 e. The van der Waals surface area contributed by atoms with Crippen molar-refractivity contribution in [3.05, 3.63) is 65.7 Å². The third kappa shape index (κ3) is 1.58. The Labute approximate surface area is 100 Å². The highest BCUT2D eigenvalue weighted by Gasteiger charge is 2.07. The van der Waals surface area contributed by atoms with Crippen LogP contribution in [0.1, 0.15) is 0 Å². The van der Waals surface area contributed by atoms with Crippen LogP contribution in [0, 0.1) is 0 Å². The van der Waals surface area contributed by atoms with Gasteiger partial charge in [0.2, 0.25) is 0 Å². The van der Waals surface area contributed by atoms with Crippen LogP contribution < -0.4 is 22.2 Å². The first-order valence-electron chi connectivity index (χ1n) is 5.18. The Morgan fingerprint density at radius 1 is 0.778 bits per heavy atom. The molecule has 0 radical (unpaired) electrons. The molecule has 0 bridgehead atoms. The molecular formula is C12H10N2O4. The van der Waals surface area contributed by atoms with E-state index in [-0.39, 0.29) is 10.8 Å². The lowest BCUT2D eigenvalue weighted by Crippen LogP contribution is -2.44. The highest BCUT2D eigenvalue weighted by atomic mass is 16.2. The van der Waals surface area contributed by atoms with E-state index in [1.54, 1.807) is 12.1 Å². The Morgan fingerprint density at radius 3 is 1.89 bits per heavy atom. The molecule has 6 heteroatoms. The number of aromatic nitrogens is 2. The van der Waals surface area contributed by atoms with Crippen LogP contribution in [0.3, 0.4) is 0 Å². The molecule has 1 aromatic heterocycles. The van der Waals surface area contributed by atoms with Crippen molar-refractivity contribution in [2.24, 2.45) is 14.1 Å². The van der Waals surface area contributed by atoms with E-state index in [4.69, 9.17) is 0 Å². The minimum atomic E-state index is -0.952. The van der Waals surface area contributed by atoms with Gasteiger partial charge in [-0.3, -0.25) is 23.5 Å². The molecule has 0 spiro atoms. The number of nitrogens with zero attached hydrogens (tertiary/aromatic N) is 2. The Morgan fingerprint density at radius 2 is 1.28 bits per heavy atom. The molecule has 0 unspecified atom stereocenters. The van der Waals surface area contributed by atoms with E-state index in [1.165, 1.54) is 26.2 Å². The minimum Gasteiger partial charge on any atom is -0.283 e. The third-order valence-electron chi connectivity index (χ3n) is 2.78. The Bertz CT molecular complexity index is 878. The molecule has 0 atom stereocenters. The lowest BCUT2D eigenvalue weighted by molar-refractivity contribution is 0.688. The van der Waals surface area contributed by atoms with Gasteiger partial charge >= 0.3 is 11.2 Å². The van der Waals surface area contributed by atoms with E-state index in [2.05, 4.69) is 0 Å². The molecule has 1 aromatic carbocycles. The van der Waals surface area contributed by atoms with Crippen LogP contribution in [-0.2, 0) is 14.1 Å². The summed E-state index contributed by atoms with van der Waals surface area (Å²) in [5.41, 5.74) is -3.24. The van der Waals surface area contributed by atoms with E-state index in [1.807, 2.05) is 0 Å². The van der Waals surface area contributed by atoms with Gasteiger partial charge in [0, 0.05) is 19.5 Å². The summed E-state index contributed by atoms with van der Waals surface area (Å²) in [6.07, 6.45) is 0. The van der Waals surface area contributed by atoms with Crippen molar-refractivity contribution in [1.82, 2.24) is 9.13 Å². The van der Waals surface area contributed by atoms with Crippen LogP contribution in [0.15, 0.2) is 43.4 Å². The van der Waals surface area contributed by atoms with Gasteiger partial charge in [0.15, 0.2) is 0 Å². The van der Waals surface area contributed by atoms with E-state index >= 15 is 0 Å². The molecule has 0 aliphatic rings. The van der Waals surface area contributed by atoms with E-state index in [0.29, 0.717) is 4.57 Å². The Hall–Kier alpha value is -2.50. The Balaban J connectivity index is 3.42. The number of hydrogen-bond donors (Lipinski definition) is 0. The van der Waals surface area contributed by atoms with E-state index in [0.717, 1.165) is 4.57 Å². The fraction of sp³-hybridized carbons (Fsp3) is 0.167. The quantitative estimate of drug-likeness (QED) is 0.556. The second-order valence-electron chi connectivity index (χ2n) is 3.89. The van der Waals surface area contributed by atoms with Crippen molar-refractivity contribution in [2.45, 2.75) is 0 Å². The molecule has 0 aliphatic heterocycles. The summed E-state index contributed by atoms with van der Waals surface area (Å²) < 4.78 is 1.44. The van der Waals surface area contributed by atoms with Gasteiger partial charge in [-0.1, -0.05) is 18.2 Å². The van der Waals surface area contributed by atoms with Crippen molar-refractivity contribution in [3.63, 3.8) is 0 Å². The summed E-state index contributed by atoms with van der Waals surface area (Å²) >= 11 is 0. The SMILES string of the molecule is Cn1c(=O)c(=O)c2ccccc2c(=O)n(C)c1=O. The maximum atomic E-state index is 12.0. The smallest absolute Gasteiger partial charge is 0.283 e. The van der Waals surface area contributed by atoms with Gasteiger partial charge < -0.3 is 0 Å². The zero-order valence-electron chi connectivity index (χ0n) is 9.84. The standard InChI is InChI=1S/C12H10N2O4/c1-13-10(16)8-6-4-3-5-7(8)9(15)11(17)14(2)12(13)18/h3-6H,1-2H3. The van der Waals surface area contributed by atoms with Gasteiger partial charge in [0.25, 0.3) is 11.0 Å². The molecule has 0 amide bonds. The molecule has 0 fully saturated rings. The van der Waals surface area contributed by atoms with E-state index < -0.39 is 22.2 Å². The molecular weight excluding hydrogens is 236 g/mol. The first kappa shape index (κ1) is 12.0. The minimum absolute atomic E-state index is 0.0127. The van der Waals surface area contributed by atoms with Crippen LogP contribution in [-0.4, -0.2) is 9.13 Å². The van der Waals surface area contributed by atoms with Crippen molar-refractivity contribution in [2.75, 3.05) is 0 Å². The van der Waals surface area contributed by atoms with Gasteiger partial charge in [0.1, 0.15) is 0 Å². The molecule has 0 N–H and O–H groups in total. The summed E-state index contributed by atoms with van der Waals surface area (Å²) in [6.45, 7) is 0. The van der Waals surface area contributed by atoms with Crippen LogP contribution in [0.4, 0.5) is 0 Å². The molecule has 1 heterocycles. The number of hydrogen-bond acceptors (Lipinski definition) is 4. The maximum Gasteiger partial charge on any atom is 0.333 e. The number of benzene rings is 1. The van der Waals surface area contributed by atoms with Gasteiger partial charge in [-0.05, 0) is 6.07 Å². The molecule has 6 nitrogen and oxygen atoms in total. The fourth-order valence-corrected chi connectivity index (χ4v) is 1.71. The average molecular weight is 246 g/mol. The highest BCUT2D eigenvalue weighted by molar-refractivity contribution is 5.80. The van der Waals surface area contributed by atoms with Crippen LogP contribution in [0.2, 0.25) is 0 Å². The lowest BCUT2D eigenvalue weighted by atomic mass is 10.2. The molecule has 2 rings (SSSR count). The van der Waals surface area contributed by atoms with Gasteiger partial charge in [0.05, 0.1) is 5.39 Å². The predicted molar refractivity (Wildman–Crippen MR) is 67.0 cm³/mol. The summed E-state index contributed by atoms with van der Waals surface area (Å²) in [7, 11) is 2.43. The zero-order chi connectivity index (χ0) is 13.4. The third-order valence-corrected chi connectivity index (χ3v) is 2.78. The van der Waals surface area contributed by atoms with Crippen LogP contribution >= 0.6 is 0 Å². The van der Waals surface area contributed by atoms with Crippen LogP contribution in [0.25, 0.3) is 10.8 Å². The van der Waals surface area contributed by atoms with Crippen LogP contribution in [0.5, 0.6) is 0 Å². The molecule has 0 saturated heterocycles. The van der Waals surface area contributed by atoms with Gasteiger partial charge in [-0.25, -0.2) is 4.79 Å². The topological polar surface area (TPSA) is 78.1 Å². The monoisotopic (exact) mass is 246 g/mol. The zero-order valence-corrected chi connectivity index (χ0v) is 9.84. The van der Waals surface area contributed by atoms with Crippen molar-refractivity contribution >= 4 is 10.8 Å². The summed E-state index contributed by atoms with van der Waals surface area (Å²) in [4.78, 5) is 47.4. The predicted octanol–water partition coefficient (Wildman–Crippen LogP) is -1.04. The number of fused-ring (bicyclic) bond motifs is 1. The van der Waals surface area contributed by atoms with E-state index in [9.17, 15) is 19.2 Å². The average Bonchev–Trinajstić information content (AvgIpc) is 2.41. The summed E-state index contributed by atoms with van der Waals surface area (Å²) in [5, 5.41) is 0.0681. The van der Waals surface area contributed by atoms with Crippen molar-refractivity contribution in [3.8, 4) is 0 Å². The summed E-state index contributed by atoms with van der Waals surface area (Å²) in [6, 6.07) is 5.93. The number of rotatable bonds is 0. The summed E-state index contributed by atoms with van der Waals surface area (Å²) in [5.74, 6) is 0. The molecule has 92 valence electrons. The highest BCUT2D eigenvalue weighted by Crippen LogP contribution is 2.00. The van der Waals surface area contributed by atoms with Gasteiger partial charge in [-0.15, -0.1) is 0 Å². The second-order valence-corrected chi connectivity index (χ2v) is 3.89. The first-order chi connectivity index (χ1) is 8.45. The second kappa shape index (κ2) is 4.06. The normalized spacial score (nSPS) is 10.6. The molecule has 0 saturated carbocycles. The Kier molecular flexibility index (Phi) is 2.70. The molecule has 18 heavy (non-hydrogen) atoms. The van der Waals surface area contributed by atoms with Gasteiger partial charge in [-0.2, -0.15) is 0 Å². The molecule has 0 aliphatic carbocycles. The van der Waals surface area contributed by atoms with Crippen molar-refractivity contribution < 1.29 is 0 Å².